The second-order valence-corrected chi connectivity index (χ2v) is 4.27. The van der Waals surface area contributed by atoms with Crippen LogP contribution in [0.5, 0.6) is 0 Å². The molecule has 0 aliphatic rings. The maximum atomic E-state index is 12.5. The van der Waals surface area contributed by atoms with Crippen LogP contribution in [0.3, 0.4) is 0 Å². The zero-order valence-electron chi connectivity index (χ0n) is 8.75. The molecule has 0 spiro atoms. The molecule has 4 nitrogen and oxygen atoms in total. The summed E-state index contributed by atoms with van der Waals surface area (Å²) in [4.78, 5) is 10.5. The van der Waals surface area contributed by atoms with E-state index in [1.165, 1.54) is 4.68 Å². The molecule has 1 rings (SSSR count). The lowest BCUT2D eigenvalue weighted by Crippen LogP contribution is -2.13. The molecule has 0 saturated heterocycles. The minimum Gasteiger partial charge on any atom is -0.481 e. The fourth-order valence-electron chi connectivity index (χ4n) is 1.43. The van der Waals surface area contributed by atoms with Gasteiger partial charge in [0.1, 0.15) is 5.69 Å². The highest BCUT2D eigenvalue weighted by molar-refractivity contribution is 9.10. The smallest absolute Gasteiger partial charge is 0.305 e. The molecule has 16 heavy (non-hydrogen) atoms. The fraction of sp³-hybridized carbons (Fsp3) is 0.556. The number of carboxylic acid groups (broad SMARTS) is 1. The second-order valence-electron chi connectivity index (χ2n) is 3.48. The van der Waals surface area contributed by atoms with Gasteiger partial charge in [0.05, 0.1) is 22.6 Å². The number of alkyl halides is 2. The average molecular weight is 297 g/mol. The van der Waals surface area contributed by atoms with Crippen molar-refractivity contribution in [2.75, 3.05) is 0 Å². The van der Waals surface area contributed by atoms with Crippen molar-refractivity contribution in [2.24, 2.45) is 0 Å². The van der Waals surface area contributed by atoms with Crippen LogP contribution in [0.2, 0.25) is 0 Å². The minimum atomic E-state index is -2.67. The maximum absolute atomic E-state index is 12.5. The van der Waals surface area contributed by atoms with Crippen molar-refractivity contribution in [3.8, 4) is 0 Å². The molecule has 0 aliphatic heterocycles. The van der Waals surface area contributed by atoms with Gasteiger partial charge in [0.25, 0.3) is 6.43 Å². The Balaban J connectivity index is 3.06. The van der Waals surface area contributed by atoms with Gasteiger partial charge in [-0.05, 0) is 29.8 Å². The van der Waals surface area contributed by atoms with Gasteiger partial charge in [0, 0.05) is 0 Å². The molecule has 1 heterocycles. The third kappa shape index (κ3) is 2.58. The molecule has 0 aromatic carbocycles. The van der Waals surface area contributed by atoms with Gasteiger partial charge in [-0.1, -0.05) is 0 Å². The molecule has 0 amide bonds. The Hall–Kier alpha value is -0.980. The third-order valence-electron chi connectivity index (χ3n) is 2.20. The SMILES string of the molecule is Cc1c(Br)c(C(F)F)nn1[C@@H](C)CC(=O)O. The van der Waals surface area contributed by atoms with Gasteiger partial charge in [0.15, 0.2) is 0 Å². The van der Waals surface area contributed by atoms with Gasteiger partial charge in [-0.25, -0.2) is 8.78 Å². The number of halogens is 3. The molecule has 1 aromatic heterocycles. The summed E-state index contributed by atoms with van der Waals surface area (Å²) in [6.07, 6.45) is -2.83. The first-order chi connectivity index (χ1) is 7.34. The van der Waals surface area contributed by atoms with Crippen molar-refractivity contribution in [1.82, 2.24) is 9.78 Å². The van der Waals surface area contributed by atoms with E-state index in [2.05, 4.69) is 21.0 Å². The zero-order chi connectivity index (χ0) is 12.5. The number of aliphatic carboxylic acids is 1. The largest absolute Gasteiger partial charge is 0.481 e. The second kappa shape index (κ2) is 4.90. The Kier molecular flexibility index (Phi) is 4.01. The van der Waals surface area contributed by atoms with E-state index in [-0.39, 0.29) is 16.6 Å². The number of nitrogens with zero attached hydrogens (tertiary/aromatic N) is 2. The summed E-state index contributed by atoms with van der Waals surface area (Å²) >= 11 is 3.03. The molecule has 0 saturated carbocycles. The molecule has 1 N–H and O–H groups in total. The van der Waals surface area contributed by atoms with Crippen molar-refractivity contribution >= 4 is 21.9 Å². The Morgan fingerprint density at radius 2 is 2.19 bits per heavy atom. The van der Waals surface area contributed by atoms with Crippen molar-refractivity contribution < 1.29 is 18.7 Å². The summed E-state index contributed by atoms with van der Waals surface area (Å²) in [5.74, 6) is -0.989. The Bertz CT molecular complexity index is 406. The van der Waals surface area contributed by atoms with Crippen molar-refractivity contribution in [3.63, 3.8) is 0 Å². The normalized spacial score (nSPS) is 13.1. The molecule has 0 radical (unpaired) electrons. The molecule has 1 aromatic rings. The molecule has 1 atom stereocenters. The van der Waals surface area contributed by atoms with Gasteiger partial charge in [-0.2, -0.15) is 5.10 Å². The van der Waals surface area contributed by atoms with Gasteiger partial charge < -0.3 is 5.11 Å². The van der Waals surface area contributed by atoms with Crippen LogP contribution < -0.4 is 0 Å². The van der Waals surface area contributed by atoms with E-state index in [4.69, 9.17) is 5.11 Å². The van der Waals surface area contributed by atoms with Crippen LogP contribution in [0.15, 0.2) is 4.47 Å². The molecule has 90 valence electrons. The predicted octanol–water partition coefficient (Wildman–Crippen LogP) is 2.93. The summed E-state index contributed by atoms with van der Waals surface area (Å²) in [7, 11) is 0. The van der Waals surface area contributed by atoms with E-state index in [1.807, 2.05) is 0 Å². The molecule has 0 fully saturated rings. The summed E-state index contributed by atoms with van der Waals surface area (Å²) in [5, 5.41) is 12.3. The van der Waals surface area contributed by atoms with Crippen molar-refractivity contribution in [2.45, 2.75) is 32.7 Å². The van der Waals surface area contributed by atoms with Crippen LogP contribution in [0.4, 0.5) is 8.78 Å². The van der Waals surface area contributed by atoms with Crippen LogP contribution in [0.1, 0.15) is 37.2 Å². The van der Waals surface area contributed by atoms with E-state index in [1.54, 1.807) is 13.8 Å². The molecular formula is C9H11BrF2N2O2. The van der Waals surface area contributed by atoms with Gasteiger partial charge >= 0.3 is 5.97 Å². The Labute approximate surface area is 99.4 Å². The fourth-order valence-corrected chi connectivity index (χ4v) is 1.86. The van der Waals surface area contributed by atoms with Gasteiger partial charge in [-0.15, -0.1) is 0 Å². The number of aromatic nitrogens is 2. The first-order valence-electron chi connectivity index (χ1n) is 4.59. The van der Waals surface area contributed by atoms with E-state index in [9.17, 15) is 13.6 Å². The summed E-state index contributed by atoms with van der Waals surface area (Å²) < 4.78 is 26.6. The number of hydrogen-bond acceptors (Lipinski definition) is 2. The molecule has 0 unspecified atom stereocenters. The van der Waals surface area contributed by atoms with Gasteiger partial charge in [-0.3, -0.25) is 9.48 Å². The van der Waals surface area contributed by atoms with Crippen LogP contribution >= 0.6 is 15.9 Å². The lowest BCUT2D eigenvalue weighted by Gasteiger charge is -2.11. The zero-order valence-corrected chi connectivity index (χ0v) is 10.3. The lowest BCUT2D eigenvalue weighted by molar-refractivity contribution is -0.137. The lowest BCUT2D eigenvalue weighted by atomic mass is 10.2. The highest BCUT2D eigenvalue weighted by Gasteiger charge is 2.23. The number of carbonyl (C=O) groups is 1. The van der Waals surface area contributed by atoms with E-state index in [0.717, 1.165) is 0 Å². The van der Waals surface area contributed by atoms with Crippen molar-refractivity contribution in [3.05, 3.63) is 15.9 Å². The van der Waals surface area contributed by atoms with E-state index in [0.29, 0.717) is 5.69 Å². The van der Waals surface area contributed by atoms with E-state index >= 15 is 0 Å². The number of carboxylic acids is 1. The summed E-state index contributed by atoms with van der Waals surface area (Å²) in [6, 6.07) is -0.457. The Morgan fingerprint density at radius 1 is 1.62 bits per heavy atom. The van der Waals surface area contributed by atoms with Crippen LogP contribution in [0.25, 0.3) is 0 Å². The third-order valence-corrected chi connectivity index (χ3v) is 3.18. The minimum absolute atomic E-state index is 0.155. The van der Waals surface area contributed by atoms with Crippen LogP contribution in [0, 0.1) is 6.92 Å². The Morgan fingerprint density at radius 3 is 2.56 bits per heavy atom. The average Bonchev–Trinajstić information content (AvgIpc) is 2.43. The molecule has 0 bridgehead atoms. The molecule has 0 aliphatic carbocycles. The first-order valence-corrected chi connectivity index (χ1v) is 5.38. The van der Waals surface area contributed by atoms with Crippen molar-refractivity contribution in [1.29, 1.82) is 0 Å². The number of rotatable bonds is 4. The topological polar surface area (TPSA) is 55.1 Å². The first kappa shape index (κ1) is 13.1. The highest BCUT2D eigenvalue weighted by atomic mass is 79.9. The maximum Gasteiger partial charge on any atom is 0.305 e. The van der Waals surface area contributed by atoms with Gasteiger partial charge in [0.2, 0.25) is 0 Å². The highest BCUT2D eigenvalue weighted by Crippen LogP contribution is 2.30. The summed E-state index contributed by atoms with van der Waals surface area (Å²) in [5.41, 5.74) is 0.152. The predicted molar refractivity (Wildman–Crippen MR) is 56.6 cm³/mol. The molecular weight excluding hydrogens is 286 g/mol. The summed E-state index contributed by atoms with van der Waals surface area (Å²) in [6.45, 7) is 3.23. The van der Waals surface area contributed by atoms with Crippen LogP contribution in [-0.2, 0) is 4.79 Å². The van der Waals surface area contributed by atoms with E-state index < -0.39 is 18.4 Å². The number of hydrogen-bond donors (Lipinski definition) is 1. The monoisotopic (exact) mass is 296 g/mol. The van der Waals surface area contributed by atoms with Crippen LogP contribution in [-0.4, -0.2) is 20.9 Å². The molecule has 7 heteroatoms. The standard InChI is InChI=1S/C9H11BrF2N2O2/c1-4(3-6(15)16)14-5(2)7(10)8(13-14)9(11)12/h4,9H,3H2,1-2H3,(H,15,16)/t4-/m0/s1. The quantitative estimate of drug-likeness (QED) is 0.929.